The van der Waals surface area contributed by atoms with Crippen LogP contribution >= 0.6 is 12.2 Å². The molecule has 0 spiro atoms. The van der Waals surface area contributed by atoms with E-state index in [0.717, 1.165) is 0 Å². The molecular formula is C15H16F5NO3S. The van der Waals surface area contributed by atoms with Crippen molar-refractivity contribution in [1.82, 2.24) is 4.98 Å². The summed E-state index contributed by atoms with van der Waals surface area (Å²) in [4.78, 5) is 15.6. The quantitative estimate of drug-likeness (QED) is 0.387. The van der Waals surface area contributed by atoms with Gasteiger partial charge in [-0.2, -0.15) is 22.0 Å². The Balaban J connectivity index is 2.86. The van der Waals surface area contributed by atoms with Gasteiger partial charge in [0.1, 0.15) is 5.75 Å². The Hall–Kier alpha value is -1.84. The molecule has 25 heavy (non-hydrogen) atoms. The van der Waals surface area contributed by atoms with Crippen molar-refractivity contribution >= 4 is 23.1 Å². The number of pyridine rings is 1. The number of ether oxygens (including phenoxy) is 2. The molecule has 0 bridgehead atoms. The summed E-state index contributed by atoms with van der Waals surface area (Å²) in [6, 6.07) is 2.63. The molecule has 10 heteroatoms. The number of hydrogen-bond acceptors (Lipinski definition) is 5. The molecule has 0 atom stereocenters. The van der Waals surface area contributed by atoms with Gasteiger partial charge >= 0.3 is 18.1 Å². The molecule has 1 aromatic rings. The fraction of sp³-hybridized carbons (Fsp3) is 0.533. The number of alkyl halides is 5. The van der Waals surface area contributed by atoms with Gasteiger partial charge in [-0.25, -0.2) is 0 Å². The van der Waals surface area contributed by atoms with Crippen molar-refractivity contribution in [1.29, 1.82) is 0 Å². The van der Waals surface area contributed by atoms with Crippen LogP contribution in [-0.2, 0) is 16.0 Å². The Bertz CT molecular complexity index is 634. The Labute approximate surface area is 146 Å². The Morgan fingerprint density at radius 2 is 1.88 bits per heavy atom. The van der Waals surface area contributed by atoms with Gasteiger partial charge in [0.05, 0.1) is 18.7 Å². The molecule has 0 aliphatic heterocycles. The average Bonchev–Trinajstić information content (AvgIpc) is 2.45. The van der Waals surface area contributed by atoms with Crippen LogP contribution in [0, 0.1) is 6.92 Å². The minimum Gasteiger partial charge on any atom is -0.485 e. The summed E-state index contributed by atoms with van der Waals surface area (Å²) in [5.74, 6) is -5.81. The number of rotatable bonds is 8. The van der Waals surface area contributed by atoms with Crippen molar-refractivity contribution in [3.63, 3.8) is 0 Å². The normalized spacial score (nSPS) is 12.0. The van der Waals surface area contributed by atoms with E-state index < -0.39 is 24.7 Å². The highest BCUT2D eigenvalue weighted by Crippen LogP contribution is 2.36. The first-order valence-electron chi connectivity index (χ1n) is 7.17. The standard InChI is InChI=1S/C15H16F5NO3S/c1-3-23-13(22)7-10(25)6-11-12(5-4-9(2)21-11)24-8-14(16,17)15(18,19)20/h4-5H,3,6-8H2,1-2H3. The average molecular weight is 385 g/mol. The van der Waals surface area contributed by atoms with Gasteiger partial charge in [-0.05, 0) is 26.0 Å². The van der Waals surface area contributed by atoms with Crippen LogP contribution in [0.15, 0.2) is 12.1 Å². The maximum absolute atomic E-state index is 13.0. The Kier molecular flexibility index (Phi) is 7.21. The molecule has 0 N–H and O–H groups in total. The lowest BCUT2D eigenvalue weighted by Gasteiger charge is -2.20. The van der Waals surface area contributed by atoms with Crippen molar-refractivity contribution < 1.29 is 36.2 Å². The molecular weight excluding hydrogens is 369 g/mol. The molecule has 1 heterocycles. The number of carbonyl (C=O) groups is 1. The minimum absolute atomic E-state index is 0.0762. The zero-order valence-electron chi connectivity index (χ0n) is 13.5. The maximum Gasteiger partial charge on any atom is 0.456 e. The zero-order chi connectivity index (χ0) is 19.3. The Morgan fingerprint density at radius 3 is 2.44 bits per heavy atom. The third kappa shape index (κ3) is 6.52. The maximum atomic E-state index is 13.0. The van der Waals surface area contributed by atoms with Crippen molar-refractivity contribution in [2.45, 2.75) is 38.8 Å². The molecule has 1 rings (SSSR count). The van der Waals surface area contributed by atoms with Crippen LogP contribution < -0.4 is 4.74 Å². The molecule has 0 fully saturated rings. The number of nitrogens with zero attached hydrogens (tertiary/aromatic N) is 1. The lowest BCUT2D eigenvalue weighted by atomic mass is 10.1. The number of aryl methyl sites for hydroxylation is 1. The van der Waals surface area contributed by atoms with E-state index in [2.05, 4.69) is 9.72 Å². The van der Waals surface area contributed by atoms with Gasteiger partial charge in [0, 0.05) is 17.0 Å². The monoisotopic (exact) mass is 385 g/mol. The number of carbonyl (C=O) groups excluding carboxylic acids is 1. The van der Waals surface area contributed by atoms with E-state index in [1.165, 1.54) is 12.1 Å². The van der Waals surface area contributed by atoms with Crippen LogP contribution in [0.25, 0.3) is 0 Å². The molecule has 0 saturated heterocycles. The van der Waals surface area contributed by atoms with E-state index >= 15 is 0 Å². The first-order valence-corrected chi connectivity index (χ1v) is 7.58. The zero-order valence-corrected chi connectivity index (χ0v) is 14.3. The van der Waals surface area contributed by atoms with Gasteiger partial charge in [-0.1, -0.05) is 12.2 Å². The largest absolute Gasteiger partial charge is 0.485 e. The summed E-state index contributed by atoms with van der Waals surface area (Å²) in [5.41, 5.74) is 0.566. The van der Waals surface area contributed by atoms with Gasteiger partial charge in [-0.15, -0.1) is 0 Å². The summed E-state index contributed by atoms with van der Waals surface area (Å²) in [7, 11) is 0. The SMILES string of the molecule is CCOC(=O)CC(=S)Cc1nc(C)ccc1OCC(F)(F)C(F)(F)F. The second kappa shape index (κ2) is 8.50. The second-order valence-corrected chi connectivity index (χ2v) is 5.66. The first kappa shape index (κ1) is 21.2. The summed E-state index contributed by atoms with van der Waals surface area (Å²) < 4.78 is 72.0. The van der Waals surface area contributed by atoms with Gasteiger partial charge in [-0.3, -0.25) is 9.78 Å². The predicted octanol–water partition coefficient (Wildman–Crippen LogP) is 3.83. The van der Waals surface area contributed by atoms with Gasteiger partial charge in [0.2, 0.25) is 0 Å². The van der Waals surface area contributed by atoms with E-state index in [9.17, 15) is 26.7 Å². The molecule has 0 amide bonds. The molecule has 0 aromatic carbocycles. The van der Waals surface area contributed by atoms with Crippen LogP contribution in [0.1, 0.15) is 24.7 Å². The fourth-order valence-corrected chi connectivity index (χ4v) is 1.98. The molecule has 140 valence electrons. The van der Waals surface area contributed by atoms with Crippen LogP contribution in [-0.4, -0.2) is 41.1 Å². The highest BCUT2D eigenvalue weighted by atomic mass is 32.1. The van der Waals surface area contributed by atoms with Crippen LogP contribution in [0.3, 0.4) is 0 Å². The molecule has 0 saturated carbocycles. The van der Waals surface area contributed by atoms with Crippen molar-refractivity contribution in [3.05, 3.63) is 23.5 Å². The molecule has 1 aromatic heterocycles. The number of esters is 1. The minimum atomic E-state index is -5.72. The van der Waals surface area contributed by atoms with E-state index in [4.69, 9.17) is 17.0 Å². The first-order chi connectivity index (χ1) is 11.5. The number of hydrogen-bond donors (Lipinski definition) is 0. The molecule has 0 aliphatic rings. The smallest absolute Gasteiger partial charge is 0.456 e. The molecule has 4 nitrogen and oxygen atoms in total. The summed E-state index contributed by atoms with van der Waals surface area (Å²) >= 11 is 5.02. The summed E-state index contributed by atoms with van der Waals surface area (Å²) in [5, 5.41) is 0. The topological polar surface area (TPSA) is 48.4 Å². The van der Waals surface area contributed by atoms with E-state index in [1.54, 1.807) is 13.8 Å². The summed E-state index contributed by atoms with van der Waals surface area (Å²) in [6.45, 7) is 1.52. The van der Waals surface area contributed by atoms with Crippen LogP contribution in [0.2, 0.25) is 0 Å². The summed E-state index contributed by atoms with van der Waals surface area (Å²) in [6.07, 6.45) is -6.01. The molecule has 0 aliphatic carbocycles. The second-order valence-electron chi connectivity index (χ2n) is 5.09. The lowest BCUT2D eigenvalue weighted by molar-refractivity contribution is -0.290. The lowest BCUT2D eigenvalue weighted by Crippen LogP contribution is -2.41. The molecule has 0 unspecified atom stereocenters. The van der Waals surface area contributed by atoms with Crippen molar-refractivity contribution in [2.75, 3.05) is 13.2 Å². The fourth-order valence-electron chi connectivity index (χ4n) is 1.73. The van der Waals surface area contributed by atoms with Gasteiger partial charge in [0.15, 0.2) is 6.61 Å². The van der Waals surface area contributed by atoms with Crippen molar-refractivity contribution in [3.8, 4) is 5.75 Å². The van der Waals surface area contributed by atoms with Crippen LogP contribution in [0.4, 0.5) is 22.0 Å². The van der Waals surface area contributed by atoms with E-state index in [1.807, 2.05) is 0 Å². The van der Waals surface area contributed by atoms with Crippen molar-refractivity contribution in [2.24, 2.45) is 0 Å². The van der Waals surface area contributed by atoms with E-state index in [-0.39, 0.29) is 35.8 Å². The third-order valence-electron chi connectivity index (χ3n) is 2.91. The Morgan fingerprint density at radius 1 is 1.24 bits per heavy atom. The van der Waals surface area contributed by atoms with Gasteiger partial charge in [0.25, 0.3) is 0 Å². The van der Waals surface area contributed by atoms with Crippen LogP contribution in [0.5, 0.6) is 5.75 Å². The number of halogens is 5. The number of thiocarbonyl (C=S) groups is 1. The number of aromatic nitrogens is 1. The highest BCUT2D eigenvalue weighted by molar-refractivity contribution is 7.80. The predicted molar refractivity (Wildman–Crippen MR) is 83.0 cm³/mol. The third-order valence-corrected chi connectivity index (χ3v) is 3.20. The van der Waals surface area contributed by atoms with E-state index in [0.29, 0.717) is 5.69 Å². The van der Waals surface area contributed by atoms with Gasteiger partial charge < -0.3 is 9.47 Å². The molecule has 0 radical (unpaired) electrons. The highest BCUT2D eigenvalue weighted by Gasteiger charge is 2.58.